The van der Waals surface area contributed by atoms with E-state index in [1.165, 1.54) is 87.0 Å². The monoisotopic (exact) mass is 554 g/mol. The van der Waals surface area contributed by atoms with Crippen LogP contribution in [-0.4, -0.2) is 42.5 Å². The molecule has 3 aromatic carbocycles. The molecule has 0 heterocycles. The lowest BCUT2D eigenvalue weighted by molar-refractivity contribution is 0.339. The van der Waals surface area contributed by atoms with Crippen LogP contribution in [0.1, 0.15) is 11.1 Å². The Balaban J connectivity index is 1.84. The molecular formula is C24H18N4O8S2. The first-order valence-electron chi connectivity index (χ1n) is 10.4. The molecule has 38 heavy (non-hydrogen) atoms. The van der Waals surface area contributed by atoms with Crippen molar-refractivity contribution in [3.8, 4) is 23.6 Å². The number of oxime groups is 2. The molecule has 0 aromatic heterocycles. The Bertz CT molecular complexity index is 1550. The summed E-state index contributed by atoms with van der Waals surface area (Å²) in [5, 5.41) is 25.9. The second kappa shape index (κ2) is 11.9. The van der Waals surface area contributed by atoms with Gasteiger partial charge in [-0.2, -0.15) is 27.4 Å². The first-order chi connectivity index (χ1) is 18.1. The number of nitrogens with zero attached hydrogens (tertiary/aromatic N) is 4. The largest absolute Gasteiger partial charge is 0.497 e. The van der Waals surface area contributed by atoms with Crippen molar-refractivity contribution in [1.82, 2.24) is 0 Å². The summed E-state index contributed by atoms with van der Waals surface area (Å²) in [5.74, 6) is 0.857. The van der Waals surface area contributed by atoms with Crippen molar-refractivity contribution in [3.63, 3.8) is 0 Å². The third-order valence-electron chi connectivity index (χ3n) is 4.77. The predicted octanol–water partition coefficient (Wildman–Crippen LogP) is 2.97. The normalized spacial score (nSPS) is 12.1. The summed E-state index contributed by atoms with van der Waals surface area (Å²) < 4.78 is 69.0. The zero-order chi connectivity index (χ0) is 27.8. The van der Waals surface area contributed by atoms with Gasteiger partial charge in [-0.25, -0.2) is 0 Å². The lowest BCUT2D eigenvalue weighted by atomic mass is 10.0. The Kier molecular flexibility index (Phi) is 8.65. The minimum atomic E-state index is -4.35. The molecule has 3 aromatic rings. The van der Waals surface area contributed by atoms with Crippen LogP contribution in [0.3, 0.4) is 0 Å². The molecule has 0 aliphatic carbocycles. The molecule has 0 radical (unpaired) electrons. The summed E-state index contributed by atoms with van der Waals surface area (Å²) in [6.07, 6.45) is 0. The Morgan fingerprint density at radius 3 is 1.34 bits per heavy atom. The van der Waals surface area contributed by atoms with Crippen molar-refractivity contribution in [2.24, 2.45) is 10.3 Å². The Hall–Kier alpha value is -4.92. The molecule has 0 N–H and O–H groups in total. The topological polar surface area (TPSA) is 177 Å². The lowest BCUT2D eigenvalue weighted by Gasteiger charge is -2.05. The summed E-state index contributed by atoms with van der Waals surface area (Å²) in [7, 11) is -5.86. The van der Waals surface area contributed by atoms with Crippen LogP contribution in [0.2, 0.25) is 0 Å². The molecule has 0 saturated heterocycles. The first kappa shape index (κ1) is 27.7. The van der Waals surface area contributed by atoms with Gasteiger partial charge in [-0.05, 0) is 54.6 Å². The van der Waals surface area contributed by atoms with Crippen LogP contribution in [0.5, 0.6) is 11.5 Å². The van der Waals surface area contributed by atoms with Crippen molar-refractivity contribution in [2.45, 2.75) is 9.79 Å². The molecule has 0 bridgehead atoms. The summed E-state index contributed by atoms with van der Waals surface area (Å²) >= 11 is 0. The second-order valence-corrected chi connectivity index (χ2v) is 10.2. The van der Waals surface area contributed by atoms with Crippen LogP contribution in [0.25, 0.3) is 0 Å². The highest BCUT2D eigenvalue weighted by atomic mass is 32.2. The van der Waals surface area contributed by atoms with Gasteiger partial charge in [0, 0.05) is 11.1 Å². The Labute approximate surface area is 218 Å². The van der Waals surface area contributed by atoms with Gasteiger partial charge >= 0.3 is 20.2 Å². The highest BCUT2D eigenvalue weighted by Gasteiger charge is 2.19. The van der Waals surface area contributed by atoms with Crippen LogP contribution in [0.4, 0.5) is 0 Å². The van der Waals surface area contributed by atoms with Crippen molar-refractivity contribution in [1.29, 1.82) is 10.5 Å². The Morgan fingerprint density at radius 2 is 1.03 bits per heavy atom. The summed E-state index contributed by atoms with van der Waals surface area (Å²) in [4.78, 5) is -0.440. The highest BCUT2D eigenvalue weighted by molar-refractivity contribution is 7.87. The summed E-state index contributed by atoms with van der Waals surface area (Å²) in [6, 6.07) is 19.5. The van der Waals surface area contributed by atoms with Crippen LogP contribution in [0.15, 0.2) is 92.9 Å². The van der Waals surface area contributed by atoms with Gasteiger partial charge < -0.3 is 9.47 Å². The number of rotatable bonds is 10. The van der Waals surface area contributed by atoms with E-state index in [9.17, 15) is 27.4 Å². The first-order valence-corrected chi connectivity index (χ1v) is 13.2. The van der Waals surface area contributed by atoms with Gasteiger partial charge in [0.2, 0.25) is 0 Å². The fraction of sp³-hybridized carbons (Fsp3) is 0.0833. The van der Waals surface area contributed by atoms with E-state index in [1.54, 1.807) is 12.1 Å². The minimum Gasteiger partial charge on any atom is -0.497 e. The number of nitriles is 2. The fourth-order valence-electron chi connectivity index (χ4n) is 2.83. The molecule has 14 heteroatoms. The molecule has 0 aliphatic heterocycles. The van der Waals surface area contributed by atoms with Crippen molar-refractivity contribution in [3.05, 3.63) is 83.9 Å². The van der Waals surface area contributed by atoms with E-state index < -0.39 is 31.7 Å². The zero-order valence-corrected chi connectivity index (χ0v) is 21.4. The predicted molar refractivity (Wildman–Crippen MR) is 133 cm³/mol. The second-order valence-electron chi connectivity index (χ2n) is 7.09. The van der Waals surface area contributed by atoms with Gasteiger partial charge in [-0.3, -0.25) is 8.57 Å². The average molecular weight is 555 g/mol. The fourth-order valence-corrected chi connectivity index (χ4v) is 4.29. The van der Waals surface area contributed by atoms with E-state index in [1.807, 2.05) is 0 Å². The van der Waals surface area contributed by atoms with Crippen LogP contribution >= 0.6 is 0 Å². The average Bonchev–Trinajstić information content (AvgIpc) is 2.94. The van der Waals surface area contributed by atoms with Gasteiger partial charge in [-0.15, -0.1) is 0 Å². The van der Waals surface area contributed by atoms with E-state index in [-0.39, 0.29) is 20.9 Å². The maximum Gasteiger partial charge on any atom is 0.358 e. The SMILES string of the molecule is COc1ccc(S(=O)(=O)O/N=C(\C#N)c2cccc(/C(C#N)=N\OS(=O)(=O)c3ccc(OC)cc3)c2)cc1. The van der Waals surface area contributed by atoms with E-state index in [4.69, 9.17) is 9.47 Å². The van der Waals surface area contributed by atoms with Crippen molar-refractivity contribution >= 4 is 31.7 Å². The van der Waals surface area contributed by atoms with Crippen LogP contribution in [-0.2, 0) is 28.8 Å². The standard InChI is InChI=1S/C24H18N4O8S2/c1-33-19-6-10-21(11-7-19)37(29,30)35-27-23(15-25)17-4-3-5-18(14-17)24(16-26)28-36-38(31,32)22-12-8-20(34-2)9-13-22/h3-14H,1-2H3/b27-23-,28-24+. The van der Waals surface area contributed by atoms with Gasteiger partial charge in [0.15, 0.2) is 11.4 Å². The van der Waals surface area contributed by atoms with Gasteiger partial charge in [-0.1, -0.05) is 28.5 Å². The molecule has 0 fully saturated rings. The van der Waals surface area contributed by atoms with E-state index in [2.05, 4.69) is 18.9 Å². The summed E-state index contributed by atoms with van der Waals surface area (Å²) in [6.45, 7) is 0. The van der Waals surface area contributed by atoms with Crippen LogP contribution in [0, 0.1) is 22.7 Å². The molecule has 0 spiro atoms. The highest BCUT2D eigenvalue weighted by Crippen LogP contribution is 2.20. The molecule has 3 rings (SSSR count). The third-order valence-corrected chi connectivity index (χ3v) is 7.01. The maximum absolute atomic E-state index is 12.4. The zero-order valence-electron chi connectivity index (χ0n) is 19.8. The number of ether oxygens (including phenoxy) is 2. The molecule has 0 amide bonds. The van der Waals surface area contributed by atoms with Crippen molar-refractivity contribution in [2.75, 3.05) is 14.2 Å². The quantitative estimate of drug-likeness (QED) is 0.267. The molecule has 0 atom stereocenters. The third kappa shape index (κ3) is 6.64. The van der Waals surface area contributed by atoms with Crippen molar-refractivity contribution < 1.29 is 34.9 Å². The minimum absolute atomic E-state index is 0.0656. The van der Waals surface area contributed by atoms with Crippen LogP contribution < -0.4 is 9.47 Å². The Morgan fingerprint density at radius 1 is 0.658 bits per heavy atom. The van der Waals surface area contributed by atoms with E-state index in [0.717, 1.165) is 0 Å². The number of methoxy groups -OCH3 is 2. The molecule has 12 nitrogen and oxygen atoms in total. The number of hydrogen-bond acceptors (Lipinski definition) is 12. The molecule has 0 saturated carbocycles. The lowest BCUT2D eigenvalue weighted by Crippen LogP contribution is -2.08. The maximum atomic E-state index is 12.4. The van der Waals surface area contributed by atoms with E-state index in [0.29, 0.717) is 11.5 Å². The molecular weight excluding hydrogens is 536 g/mol. The van der Waals surface area contributed by atoms with Gasteiger partial charge in [0.25, 0.3) is 0 Å². The molecule has 0 aliphatic rings. The van der Waals surface area contributed by atoms with Gasteiger partial charge in [0.05, 0.1) is 14.2 Å². The summed E-state index contributed by atoms with van der Waals surface area (Å²) in [5.41, 5.74) is -0.743. The number of benzene rings is 3. The van der Waals surface area contributed by atoms with Gasteiger partial charge in [0.1, 0.15) is 33.4 Å². The number of hydrogen-bond donors (Lipinski definition) is 0. The molecule has 0 unspecified atom stereocenters. The molecule has 194 valence electrons. The smallest absolute Gasteiger partial charge is 0.358 e. The van der Waals surface area contributed by atoms with E-state index >= 15 is 0 Å².